The van der Waals surface area contributed by atoms with Gasteiger partial charge in [-0.15, -0.1) is 0 Å². The van der Waals surface area contributed by atoms with E-state index >= 15 is 0 Å². The van der Waals surface area contributed by atoms with Crippen LogP contribution in [0.2, 0.25) is 0 Å². The Morgan fingerprint density at radius 3 is 2.64 bits per heavy atom. The van der Waals surface area contributed by atoms with Gasteiger partial charge in [0.2, 0.25) is 11.7 Å². The predicted octanol–water partition coefficient (Wildman–Crippen LogP) is 4.74. The minimum Gasteiger partial charge on any atom is -0.442 e. The zero-order valence-corrected chi connectivity index (χ0v) is 18.5. The smallest absolute Gasteiger partial charge is 0.324 e. The molecule has 0 spiro atoms. The Morgan fingerprint density at radius 2 is 1.94 bits per heavy atom. The maximum absolute atomic E-state index is 14.3. The van der Waals surface area contributed by atoms with Crippen molar-refractivity contribution >= 4 is 17.5 Å². The van der Waals surface area contributed by atoms with Gasteiger partial charge in [-0.3, -0.25) is 10.00 Å². The molecule has 0 fully saturated rings. The van der Waals surface area contributed by atoms with Crippen molar-refractivity contribution in [1.29, 1.82) is 0 Å². The quantitative estimate of drug-likeness (QED) is 0.450. The fourth-order valence-corrected chi connectivity index (χ4v) is 2.84. The number of hydrogen-bond acceptors (Lipinski definition) is 7. The number of carbonyl (C=O) groups is 1. The Morgan fingerprint density at radius 1 is 1.12 bits per heavy atom. The summed E-state index contributed by atoms with van der Waals surface area (Å²) in [4.78, 5) is 24.8. The summed E-state index contributed by atoms with van der Waals surface area (Å²) in [6, 6.07) is 6.64. The molecule has 0 saturated carbocycles. The average Bonchev–Trinajstić information content (AvgIpc) is 3.41. The molecule has 11 heteroatoms. The second-order valence-corrected chi connectivity index (χ2v) is 8.17. The highest BCUT2D eigenvalue weighted by atomic mass is 19.1. The van der Waals surface area contributed by atoms with E-state index in [1.807, 2.05) is 20.8 Å². The summed E-state index contributed by atoms with van der Waals surface area (Å²) in [5.41, 5.74) is 0.570. The number of nitrogens with one attached hydrogen (secondary N) is 2. The van der Waals surface area contributed by atoms with Crippen LogP contribution in [0.5, 0.6) is 11.6 Å². The number of benzene rings is 1. The lowest BCUT2D eigenvalue weighted by Gasteiger charge is -2.13. The molecule has 0 aliphatic heterocycles. The van der Waals surface area contributed by atoms with Gasteiger partial charge in [0.25, 0.3) is 5.89 Å². The zero-order chi connectivity index (χ0) is 23.6. The SMILES string of the molecule is Cn1nc(C(C)(C)C)cc1NC(=O)Nc1cc(Oc2ccnc(-c3ncco3)n2)ccc1F. The number of rotatable bonds is 5. The molecule has 10 nitrogen and oxygen atoms in total. The van der Waals surface area contributed by atoms with E-state index in [9.17, 15) is 9.18 Å². The third-order valence-electron chi connectivity index (χ3n) is 4.55. The van der Waals surface area contributed by atoms with Crippen molar-refractivity contribution in [3.05, 3.63) is 60.5 Å². The highest BCUT2D eigenvalue weighted by Gasteiger charge is 2.20. The number of nitrogens with zero attached hydrogens (tertiary/aromatic N) is 5. The predicted molar refractivity (Wildman–Crippen MR) is 119 cm³/mol. The first-order valence-electron chi connectivity index (χ1n) is 10.0. The fourth-order valence-electron chi connectivity index (χ4n) is 2.84. The Balaban J connectivity index is 1.47. The average molecular weight is 451 g/mol. The molecule has 1 aromatic carbocycles. The highest BCUT2D eigenvalue weighted by molar-refractivity contribution is 5.99. The van der Waals surface area contributed by atoms with Crippen LogP contribution in [-0.4, -0.2) is 30.8 Å². The molecular formula is C22H22FN7O3. The highest BCUT2D eigenvalue weighted by Crippen LogP contribution is 2.27. The maximum atomic E-state index is 14.3. The lowest BCUT2D eigenvalue weighted by Crippen LogP contribution is -2.21. The number of oxazole rings is 1. The van der Waals surface area contributed by atoms with Crippen LogP contribution in [0, 0.1) is 5.82 Å². The van der Waals surface area contributed by atoms with Crippen molar-refractivity contribution in [1.82, 2.24) is 24.7 Å². The van der Waals surface area contributed by atoms with Gasteiger partial charge in [0.05, 0.1) is 17.6 Å². The first-order chi connectivity index (χ1) is 15.7. The van der Waals surface area contributed by atoms with Crippen molar-refractivity contribution in [2.75, 3.05) is 10.6 Å². The monoisotopic (exact) mass is 451 g/mol. The van der Waals surface area contributed by atoms with Crippen LogP contribution < -0.4 is 15.4 Å². The second-order valence-electron chi connectivity index (χ2n) is 8.17. The van der Waals surface area contributed by atoms with Gasteiger partial charge >= 0.3 is 6.03 Å². The van der Waals surface area contributed by atoms with Crippen molar-refractivity contribution in [3.8, 4) is 23.3 Å². The van der Waals surface area contributed by atoms with Gasteiger partial charge in [-0.2, -0.15) is 10.1 Å². The third-order valence-corrected chi connectivity index (χ3v) is 4.55. The summed E-state index contributed by atoms with van der Waals surface area (Å²) >= 11 is 0. The lowest BCUT2D eigenvalue weighted by atomic mass is 9.92. The Labute approximate surface area is 188 Å². The Bertz CT molecular complexity index is 1280. The van der Waals surface area contributed by atoms with Gasteiger partial charge in [-0.1, -0.05) is 20.8 Å². The van der Waals surface area contributed by atoms with Gasteiger partial charge in [-0.05, 0) is 12.1 Å². The molecule has 0 bridgehead atoms. The Kier molecular flexibility index (Phi) is 5.78. The number of hydrogen-bond donors (Lipinski definition) is 2. The minimum atomic E-state index is -0.624. The molecule has 4 rings (SSSR count). The van der Waals surface area contributed by atoms with Crippen LogP contribution in [0.15, 0.2) is 53.4 Å². The second kappa shape index (κ2) is 8.69. The van der Waals surface area contributed by atoms with Gasteiger partial charge in [0.15, 0.2) is 0 Å². The van der Waals surface area contributed by atoms with Crippen LogP contribution in [0.1, 0.15) is 26.5 Å². The first-order valence-corrected chi connectivity index (χ1v) is 10.0. The van der Waals surface area contributed by atoms with Crippen molar-refractivity contribution in [2.24, 2.45) is 7.05 Å². The van der Waals surface area contributed by atoms with Gasteiger partial charge in [-0.25, -0.2) is 19.2 Å². The summed E-state index contributed by atoms with van der Waals surface area (Å²) in [6.45, 7) is 6.06. The number of aryl methyl sites for hydroxylation is 1. The summed E-state index contributed by atoms with van der Waals surface area (Å²) in [5.74, 6) is 0.793. The van der Waals surface area contributed by atoms with Crippen LogP contribution in [0.4, 0.5) is 20.7 Å². The van der Waals surface area contributed by atoms with E-state index in [1.165, 1.54) is 42.9 Å². The van der Waals surface area contributed by atoms with Gasteiger partial charge in [0, 0.05) is 36.9 Å². The molecule has 0 radical (unpaired) electrons. The van der Waals surface area contributed by atoms with E-state index in [0.717, 1.165) is 5.69 Å². The largest absolute Gasteiger partial charge is 0.442 e. The third kappa shape index (κ3) is 5.14. The molecule has 0 saturated heterocycles. The molecule has 0 unspecified atom stereocenters. The normalized spacial score (nSPS) is 11.3. The lowest BCUT2D eigenvalue weighted by molar-refractivity contribution is 0.262. The minimum absolute atomic E-state index is 0.0646. The molecule has 170 valence electrons. The number of amides is 2. The van der Waals surface area contributed by atoms with E-state index in [0.29, 0.717) is 5.82 Å². The number of anilines is 2. The van der Waals surface area contributed by atoms with Crippen LogP contribution >= 0.6 is 0 Å². The fraction of sp³-hybridized carbons (Fsp3) is 0.227. The van der Waals surface area contributed by atoms with Crippen molar-refractivity contribution in [2.45, 2.75) is 26.2 Å². The molecule has 0 aliphatic carbocycles. The van der Waals surface area contributed by atoms with E-state index < -0.39 is 11.8 Å². The standard InChI is InChI=1S/C22H22FN7O3/c1-22(2,3)16-12-17(30(4)29-16)27-21(31)26-15-11-13(5-6-14(15)23)33-18-7-8-24-19(28-18)20-25-9-10-32-20/h5-12H,1-4H3,(H2,26,27,31). The Hall–Kier alpha value is -4.28. The van der Waals surface area contributed by atoms with E-state index in [1.54, 1.807) is 17.8 Å². The van der Waals surface area contributed by atoms with Crippen molar-refractivity contribution < 1.29 is 18.3 Å². The molecule has 33 heavy (non-hydrogen) atoms. The van der Waals surface area contributed by atoms with Crippen LogP contribution in [0.3, 0.4) is 0 Å². The topological polar surface area (TPSA) is 120 Å². The van der Waals surface area contributed by atoms with E-state index in [4.69, 9.17) is 9.15 Å². The number of aromatic nitrogens is 5. The van der Waals surface area contributed by atoms with Crippen LogP contribution in [0.25, 0.3) is 11.7 Å². The van der Waals surface area contributed by atoms with Crippen molar-refractivity contribution in [3.63, 3.8) is 0 Å². The summed E-state index contributed by atoms with van der Waals surface area (Å²) in [6.07, 6.45) is 4.37. The maximum Gasteiger partial charge on any atom is 0.324 e. The molecule has 0 atom stereocenters. The van der Waals surface area contributed by atoms with Gasteiger partial charge < -0.3 is 14.5 Å². The van der Waals surface area contributed by atoms with E-state index in [2.05, 4.69) is 30.7 Å². The number of carbonyl (C=O) groups excluding carboxylic acids is 1. The molecule has 4 aromatic rings. The van der Waals surface area contributed by atoms with Crippen LogP contribution in [-0.2, 0) is 12.5 Å². The van der Waals surface area contributed by atoms with Gasteiger partial charge in [0.1, 0.15) is 23.6 Å². The summed E-state index contributed by atoms with van der Waals surface area (Å²) in [5, 5.41) is 9.57. The molecule has 0 aliphatic rings. The molecule has 2 N–H and O–H groups in total. The zero-order valence-electron chi connectivity index (χ0n) is 18.5. The first kappa shape index (κ1) is 21.9. The molecular weight excluding hydrogens is 429 g/mol. The molecule has 2 amide bonds. The molecule has 3 aromatic heterocycles. The number of urea groups is 1. The number of ether oxygens (including phenoxy) is 1. The summed E-state index contributed by atoms with van der Waals surface area (Å²) in [7, 11) is 1.72. The molecule has 3 heterocycles. The van der Waals surface area contributed by atoms with E-state index in [-0.39, 0.29) is 34.4 Å². The summed E-state index contributed by atoms with van der Waals surface area (Å²) < 4.78 is 26.8. The number of halogens is 1.